The first-order valence-corrected chi connectivity index (χ1v) is 9.74. The minimum Gasteiger partial charge on any atom is -0.454 e. The second-order valence-electron chi connectivity index (χ2n) is 6.45. The molecule has 7 nitrogen and oxygen atoms in total. The Morgan fingerprint density at radius 2 is 1.81 bits per heavy atom. The number of carbonyl (C=O) groups excluding carboxylic acids is 2. The number of sulfonamides is 1. The molecule has 0 unspecified atom stereocenters. The van der Waals surface area contributed by atoms with Gasteiger partial charge in [-0.05, 0) is 57.0 Å². The van der Waals surface area contributed by atoms with E-state index in [9.17, 15) is 18.0 Å². The number of ketones is 1. The Balaban J connectivity index is 1.66. The van der Waals surface area contributed by atoms with Crippen molar-refractivity contribution in [2.75, 3.05) is 6.61 Å². The topological polar surface area (TPSA) is 108 Å². The third-order valence-electron chi connectivity index (χ3n) is 4.45. The summed E-state index contributed by atoms with van der Waals surface area (Å²) in [6, 6.07) is 7.33. The average Bonchev–Trinajstić information content (AvgIpc) is 3.37. The Morgan fingerprint density at radius 3 is 2.35 bits per heavy atom. The number of nitrogens with zero attached hydrogens (tertiary/aromatic N) is 1. The lowest BCUT2D eigenvalue weighted by molar-refractivity contribution is 0.0474. The molecule has 26 heavy (non-hydrogen) atoms. The number of aromatic nitrogens is 1. The van der Waals surface area contributed by atoms with Crippen LogP contribution in [0.2, 0.25) is 0 Å². The van der Waals surface area contributed by atoms with E-state index in [0.29, 0.717) is 11.6 Å². The SMILES string of the molecule is Cc1cc(C(=O)COC(=O)c2ccc(S(N)(=O)=O)cc2)c(C)n1C1CC1. The van der Waals surface area contributed by atoms with E-state index in [1.54, 1.807) is 0 Å². The summed E-state index contributed by atoms with van der Waals surface area (Å²) in [4.78, 5) is 24.4. The van der Waals surface area contributed by atoms with Crippen LogP contribution in [0.15, 0.2) is 35.2 Å². The molecule has 0 bridgehead atoms. The predicted molar refractivity (Wildman–Crippen MR) is 94.6 cm³/mol. The molecule has 0 aliphatic heterocycles. The highest BCUT2D eigenvalue weighted by Gasteiger charge is 2.28. The molecule has 1 aliphatic rings. The van der Waals surface area contributed by atoms with Crippen molar-refractivity contribution in [2.24, 2.45) is 5.14 Å². The van der Waals surface area contributed by atoms with E-state index in [2.05, 4.69) is 4.57 Å². The third-order valence-corrected chi connectivity index (χ3v) is 5.38. The van der Waals surface area contributed by atoms with Crippen molar-refractivity contribution < 1.29 is 22.7 Å². The van der Waals surface area contributed by atoms with Gasteiger partial charge in [0.25, 0.3) is 0 Å². The minimum atomic E-state index is -3.82. The first kappa shape index (κ1) is 18.3. The highest BCUT2D eigenvalue weighted by Crippen LogP contribution is 2.38. The maximum atomic E-state index is 12.4. The van der Waals surface area contributed by atoms with Gasteiger partial charge in [0.05, 0.1) is 10.5 Å². The summed E-state index contributed by atoms with van der Waals surface area (Å²) in [5.41, 5.74) is 2.63. The summed E-state index contributed by atoms with van der Waals surface area (Å²) < 4.78 is 29.7. The largest absolute Gasteiger partial charge is 0.454 e. The Bertz CT molecular complexity index is 970. The summed E-state index contributed by atoms with van der Waals surface area (Å²) in [7, 11) is -3.82. The Kier molecular flexibility index (Phi) is 4.72. The molecule has 0 amide bonds. The number of hydrogen-bond donors (Lipinski definition) is 1. The van der Waals surface area contributed by atoms with Gasteiger partial charge in [-0.3, -0.25) is 4.79 Å². The molecule has 1 aromatic carbocycles. The Labute approximate surface area is 151 Å². The lowest BCUT2D eigenvalue weighted by Gasteiger charge is -2.08. The van der Waals surface area contributed by atoms with Crippen molar-refractivity contribution in [1.82, 2.24) is 4.57 Å². The predicted octanol–water partition coefficient (Wildman–Crippen LogP) is 2.13. The number of ether oxygens (including phenoxy) is 1. The number of primary sulfonamides is 1. The normalized spacial score (nSPS) is 14.3. The van der Waals surface area contributed by atoms with Crippen molar-refractivity contribution in [3.63, 3.8) is 0 Å². The molecule has 138 valence electrons. The standard InChI is InChI=1S/C18H20N2O5S/c1-11-9-16(12(2)20(11)14-5-6-14)17(21)10-25-18(22)13-3-7-15(8-4-13)26(19,23)24/h3-4,7-9,14H,5-6,10H2,1-2H3,(H2,19,23,24). The lowest BCUT2D eigenvalue weighted by Crippen LogP contribution is -2.16. The number of benzene rings is 1. The molecule has 1 fully saturated rings. The molecule has 0 radical (unpaired) electrons. The van der Waals surface area contributed by atoms with Crippen LogP contribution in [0.4, 0.5) is 0 Å². The number of esters is 1. The molecule has 1 saturated carbocycles. The first-order chi connectivity index (χ1) is 12.2. The van der Waals surface area contributed by atoms with Gasteiger partial charge in [-0.25, -0.2) is 18.4 Å². The molecule has 8 heteroatoms. The fraction of sp³-hybridized carbons (Fsp3) is 0.333. The van der Waals surface area contributed by atoms with E-state index >= 15 is 0 Å². The zero-order valence-electron chi connectivity index (χ0n) is 14.6. The molecule has 3 rings (SSSR count). The molecule has 2 aromatic rings. The van der Waals surface area contributed by atoms with Gasteiger partial charge in [-0.15, -0.1) is 0 Å². The summed E-state index contributed by atoms with van der Waals surface area (Å²) in [5.74, 6) is -0.963. The third kappa shape index (κ3) is 3.71. The first-order valence-electron chi connectivity index (χ1n) is 8.20. The molecule has 1 aromatic heterocycles. The van der Waals surface area contributed by atoms with Crippen LogP contribution in [-0.2, 0) is 14.8 Å². The highest BCUT2D eigenvalue weighted by atomic mass is 32.2. The van der Waals surface area contributed by atoms with Gasteiger partial charge in [0.1, 0.15) is 0 Å². The zero-order valence-corrected chi connectivity index (χ0v) is 15.4. The number of nitrogens with two attached hydrogens (primary N) is 1. The lowest BCUT2D eigenvalue weighted by atomic mass is 10.1. The molecule has 2 N–H and O–H groups in total. The Morgan fingerprint density at radius 1 is 1.19 bits per heavy atom. The van der Waals surface area contributed by atoms with Crippen LogP contribution in [0.5, 0.6) is 0 Å². The number of carbonyl (C=O) groups is 2. The summed E-state index contributed by atoms with van der Waals surface area (Å²) in [6.45, 7) is 3.48. The van der Waals surface area contributed by atoms with Crippen molar-refractivity contribution in [3.8, 4) is 0 Å². The van der Waals surface area contributed by atoms with Crippen molar-refractivity contribution in [1.29, 1.82) is 0 Å². The maximum absolute atomic E-state index is 12.4. The van der Waals surface area contributed by atoms with Crippen molar-refractivity contribution >= 4 is 21.8 Å². The molecule has 0 atom stereocenters. The molecule has 1 heterocycles. The second kappa shape index (κ2) is 6.69. The summed E-state index contributed by atoms with van der Waals surface area (Å²) in [5, 5.41) is 5.01. The zero-order chi connectivity index (χ0) is 19.1. The van der Waals surface area contributed by atoms with Crippen LogP contribution in [0, 0.1) is 13.8 Å². The van der Waals surface area contributed by atoms with Gasteiger partial charge in [-0.1, -0.05) is 0 Å². The molecular weight excluding hydrogens is 356 g/mol. The fourth-order valence-corrected chi connectivity index (χ4v) is 3.54. The van der Waals surface area contributed by atoms with E-state index in [0.717, 1.165) is 24.2 Å². The molecule has 1 aliphatic carbocycles. The summed E-state index contributed by atoms with van der Waals surface area (Å²) in [6.07, 6.45) is 2.24. The number of aryl methyl sites for hydroxylation is 1. The van der Waals surface area contributed by atoms with Crippen LogP contribution in [-0.4, -0.2) is 31.3 Å². The van der Waals surface area contributed by atoms with Gasteiger partial charge >= 0.3 is 5.97 Å². The van der Waals surface area contributed by atoms with Crippen LogP contribution < -0.4 is 5.14 Å². The van der Waals surface area contributed by atoms with E-state index in [1.165, 1.54) is 24.3 Å². The van der Waals surface area contributed by atoms with E-state index in [1.807, 2.05) is 19.9 Å². The highest BCUT2D eigenvalue weighted by molar-refractivity contribution is 7.89. The van der Waals surface area contributed by atoms with Crippen molar-refractivity contribution in [2.45, 2.75) is 37.6 Å². The fourth-order valence-electron chi connectivity index (χ4n) is 3.03. The van der Waals surface area contributed by atoms with Crippen LogP contribution in [0.1, 0.15) is 51.0 Å². The minimum absolute atomic E-state index is 0.0994. The maximum Gasteiger partial charge on any atom is 0.338 e. The molecular formula is C18H20N2O5S. The smallest absolute Gasteiger partial charge is 0.338 e. The van der Waals surface area contributed by atoms with Gasteiger partial charge in [0, 0.05) is 23.0 Å². The van der Waals surface area contributed by atoms with Crippen LogP contribution in [0.3, 0.4) is 0 Å². The monoisotopic (exact) mass is 376 g/mol. The van der Waals surface area contributed by atoms with Gasteiger partial charge < -0.3 is 9.30 Å². The van der Waals surface area contributed by atoms with E-state index in [4.69, 9.17) is 9.88 Å². The summed E-state index contributed by atoms with van der Waals surface area (Å²) >= 11 is 0. The van der Waals surface area contributed by atoms with Crippen LogP contribution in [0.25, 0.3) is 0 Å². The quantitative estimate of drug-likeness (QED) is 0.614. The average molecular weight is 376 g/mol. The number of hydrogen-bond acceptors (Lipinski definition) is 5. The van der Waals surface area contributed by atoms with Gasteiger partial charge in [0.15, 0.2) is 6.61 Å². The van der Waals surface area contributed by atoms with E-state index < -0.39 is 16.0 Å². The van der Waals surface area contributed by atoms with E-state index in [-0.39, 0.29) is 22.8 Å². The number of rotatable bonds is 6. The molecule has 0 spiro atoms. The van der Waals surface area contributed by atoms with Crippen molar-refractivity contribution in [3.05, 3.63) is 52.8 Å². The van der Waals surface area contributed by atoms with Crippen LogP contribution >= 0.6 is 0 Å². The van der Waals surface area contributed by atoms with Gasteiger partial charge in [0.2, 0.25) is 15.8 Å². The molecule has 0 saturated heterocycles. The second-order valence-corrected chi connectivity index (χ2v) is 8.02. The number of Topliss-reactive ketones (excluding diaryl/α,β-unsaturated/α-hetero) is 1. The Hall–Kier alpha value is -2.45. The van der Waals surface area contributed by atoms with Gasteiger partial charge in [-0.2, -0.15) is 0 Å².